The summed E-state index contributed by atoms with van der Waals surface area (Å²) in [6.45, 7) is 0.905. The largest absolute Gasteiger partial charge is 0.469 e. The molecule has 1 aromatic heterocycles. The fourth-order valence-electron chi connectivity index (χ4n) is 2.01. The van der Waals surface area contributed by atoms with Crippen molar-refractivity contribution in [2.45, 2.75) is 19.4 Å². The van der Waals surface area contributed by atoms with Gasteiger partial charge in [-0.15, -0.1) is 11.3 Å². The Morgan fingerprint density at radius 1 is 1.25 bits per heavy atom. The monoisotopic (exact) mass is 289 g/mol. The van der Waals surface area contributed by atoms with E-state index in [1.807, 2.05) is 7.05 Å². The molecule has 0 amide bonds. The fraction of sp³-hybridized carbons (Fsp3) is 0.312. The van der Waals surface area contributed by atoms with Crippen molar-refractivity contribution in [2.24, 2.45) is 0 Å². The van der Waals surface area contributed by atoms with Gasteiger partial charge >= 0.3 is 5.97 Å². The minimum atomic E-state index is -0.163. The number of thiophene rings is 1. The van der Waals surface area contributed by atoms with Crippen LogP contribution in [0.3, 0.4) is 0 Å². The van der Waals surface area contributed by atoms with Gasteiger partial charge in [0.25, 0.3) is 0 Å². The number of aryl methyl sites for hydroxylation is 1. The molecule has 0 saturated carbocycles. The Morgan fingerprint density at radius 2 is 2.00 bits per heavy atom. The van der Waals surface area contributed by atoms with Crippen LogP contribution < -0.4 is 5.32 Å². The Bertz CT molecular complexity index is 560. The molecule has 0 fully saturated rings. The summed E-state index contributed by atoms with van der Waals surface area (Å²) in [6, 6.07) is 10.6. The van der Waals surface area contributed by atoms with Gasteiger partial charge in [0.15, 0.2) is 0 Å². The summed E-state index contributed by atoms with van der Waals surface area (Å²) >= 11 is 1.77. The molecule has 0 aliphatic heterocycles. The third kappa shape index (κ3) is 3.92. The quantitative estimate of drug-likeness (QED) is 0.830. The Balaban J connectivity index is 2.01. The van der Waals surface area contributed by atoms with E-state index in [4.69, 9.17) is 0 Å². The first kappa shape index (κ1) is 14.8. The molecule has 20 heavy (non-hydrogen) atoms. The number of methoxy groups -OCH3 is 1. The second-order valence-corrected chi connectivity index (χ2v) is 5.60. The van der Waals surface area contributed by atoms with Gasteiger partial charge in [0.1, 0.15) is 0 Å². The van der Waals surface area contributed by atoms with E-state index in [2.05, 4.69) is 45.8 Å². The lowest BCUT2D eigenvalue weighted by molar-refractivity contribution is -0.140. The van der Waals surface area contributed by atoms with E-state index in [1.54, 1.807) is 11.3 Å². The SMILES string of the molecule is CNCc1cc(-c2ccc(CCC(=O)OC)cc2)cs1. The highest BCUT2D eigenvalue weighted by atomic mass is 32.1. The van der Waals surface area contributed by atoms with E-state index in [0.717, 1.165) is 18.5 Å². The third-order valence-electron chi connectivity index (χ3n) is 3.14. The zero-order valence-corrected chi connectivity index (χ0v) is 12.6. The Morgan fingerprint density at radius 3 is 2.65 bits per heavy atom. The molecule has 2 aromatic rings. The molecule has 106 valence electrons. The lowest BCUT2D eigenvalue weighted by Crippen LogP contribution is -2.02. The molecule has 4 heteroatoms. The van der Waals surface area contributed by atoms with Gasteiger partial charge in [-0.1, -0.05) is 24.3 Å². The molecule has 0 radical (unpaired) electrons. The molecule has 0 atom stereocenters. The van der Waals surface area contributed by atoms with Gasteiger partial charge in [0.2, 0.25) is 0 Å². The molecule has 3 nitrogen and oxygen atoms in total. The van der Waals surface area contributed by atoms with Crippen LogP contribution in [0.15, 0.2) is 35.7 Å². The van der Waals surface area contributed by atoms with Crippen LogP contribution in [-0.2, 0) is 22.5 Å². The van der Waals surface area contributed by atoms with Crippen LogP contribution in [0.1, 0.15) is 16.9 Å². The lowest BCUT2D eigenvalue weighted by Gasteiger charge is -2.02. The molecule has 1 N–H and O–H groups in total. The average Bonchev–Trinajstić information content (AvgIpc) is 2.94. The third-order valence-corrected chi connectivity index (χ3v) is 4.07. The van der Waals surface area contributed by atoms with E-state index in [0.29, 0.717) is 6.42 Å². The maximum Gasteiger partial charge on any atom is 0.305 e. The fourth-order valence-corrected chi connectivity index (χ4v) is 2.92. The van der Waals surface area contributed by atoms with Crippen molar-refractivity contribution in [3.8, 4) is 11.1 Å². The van der Waals surface area contributed by atoms with Crippen molar-refractivity contribution in [1.29, 1.82) is 0 Å². The molecule has 2 rings (SSSR count). The van der Waals surface area contributed by atoms with E-state index < -0.39 is 0 Å². The van der Waals surface area contributed by atoms with Crippen LogP contribution in [-0.4, -0.2) is 20.1 Å². The molecule has 1 aromatic carbocycles. The molecule has 0 aliphatic rings. The van der Waals surface area contributed by atoms with Gasteiger partial charge in [0.05, 0.1) is 7.11 Å². The highest BCUT2D eigenvalue weighted by molar-refractivity contribution is 7.10. The predicted molar refractivity (Wildman–Crippen MR) is 82.9 cm³/mol. The summed E-state index contributed by atoms with van der Waals surface area (Å²) in [4.78, 5) is 12.4. The van der Waals surface area contributed by atoms with Crippen LogP contribution in [0.25, 0.3) is 11.1 Å². The number of carbonyl (C=O) groups is 1. The van der Waals surface area contributed by atoms with Crippen LogP contribution in [0.5, 0.6) is 0 Å². The van der Waals surface area contributed by atoms with Crippen molar-refractivity contribution in [3.63, 3.8) is 0 Å². The highest BCUT2D eigenvalue weighted by Gasteiger charge is 2.04. The molecule has 0 unspecified atom stereocenters. The first-order chi connectivity index (χ1) is 9.72. The molecule has 0 bridgehead atoms. The van der Waals surface area contributed by atoms with Crippen molar-refractivity contribution >= 4 is 17.3 Å². The smallest absolute Gasteiger partial charge is 0.305 e. The summed E-state index contributed by atoms with van der Waals surface area (Å²) in [5, 5.41) is 5.33. The normalized spacial score (nSPS) is 10.5. The summed E-state index contributed by atoms with van der Waals surface area (Å²) < 4.78 is 4.65. The standard InChI is InChI=1S/C16H19NO2S/c1-17-10-15-9-14(11-20-15)13-6-3-12(4-7-13)5-8-16(18)19-2/h3-4,6-7,9,11,17H,5,8,10H2,1-2H3. The maximum atomic E-state index is 11.1. The van der Waals surface area contributed by atoms with Crippen molar-refractivity contribution in [3.05, 3.63) is 46.2 Å². The number of carbonyl (C=O) groups excluding carboxylic acids is 1. The van der Waals surface area contributed by atoms with Gasteiger partial charge in [-0.3, -0.25) is 4.79 Å². The van der Waals surface area contributed by atoms with E-state index in [1.165, 1.54) is 23.1 Å². The summed E-state index contributed by atoms with van der Waals surface area (Å²) in [5.74, 6) is -0.163. The number of ether oxygens (including phenoxy) is 1. The number of benzene rings is 1. The molecule has 0 aliphatic carbocycles. The minimum absolute atomic E-state index is 0.163. The summed E-state index contributed by atoms with van der Waals surface area (Å²) in [7, 11) is 3.38. The van der Waals surface area contributed by atoms with Crippen molar-refractivity contribution in [2.75, 3.05) is 14.2 Å². The van der Waals surface area contributed by atoms with Gasteiger partial charge in [0, 0.05) is 17.8 Å². The van der Waals surface area contributed by atoms with Gasteiger partial charge in [-0.25, -0.2) is 0 Å². The van der Waals surface area contributed by atoms with Crippen LogP contribution in [0, 0.1) is 0 Å². The van der Waals surface area contributed by atoms with Gasteiger partial charge < -0.3 is 10.1 Å². The van der Waals surface area contributed by atoms with E-state index >= 15 is 0 Å². The second-order valence-electron chi connectivity index (χ2n) is 4.61. The van der Waals surface area contributed by atoms with Crippen LogP contribution in [0.4, 0.5) is 0 Å². The molecular formula is C16H19NO2S. The number of esters is 1. The van der Waals surface area contributed by atoms with Gasteiger partial charge in [-0.05, 0) is 41.6 Å². The highest BCUT2D eigenvalue weighted by Crippen LogP contribution is 2.26. The van der Waals surface area contributed by atoms with Crippen LogP contribution in [0.2, 0.25) is 0 Å². The number of rotatable bonds is 6. The average molecular weight is 289 g/mol. The Kier molecular flexibility index (Phi) is 5.32. The minimum Gasteiger partial charge on any atom is -0.469 e. The summed E-state index contributed by atoms with van der Waals surface area (Å²) in [5.41, 5.74) is 3.62. The molecule has 0 spiro atoms. The Hall–Kier alpha value is -1.65. The maximum absolute atomic E-state index is 11.1. The van der Waals surface area contributed by atoms with E-state index in [9.17, 15) is 4.79 Å². The zero-order chi connectivity index (χ0) is 14.4. The summed E-state index contributed by atoms with van der Waals surface area (Å²) in [6.07, 6.45) is 1.15. The zero-order valence-electron chi connectivity index (χ0n) is 11.8. The molecular weight excluding hydrogens is 270 g/mol. The second kappa shape index (κ2) is 7.22. The topological polar surface area (TPSA) is 38.3 Å². The first-order valence-electron chi connectivity index (χ1n) is 6.61. The number of hydrogen-bond acceptors (Lipinski definition) is 4. The molecule has 1 heterocycles. The number of hydrogen-bond donors (Lipinski definition) is 1. The lowest BCUT2D eigenvalue weighted by atomic mass is 10.0. The number of nitrogens with one attached hydrogen (secondary N) is 1. The van der Waals surface area contributed by atoms with Crippen molar-refractivity contribution in [1.82, 2.24) is 5.32 Å². The van der Waals surface area contributed by atoms with E-state index in [-0.39, 0.29) is 5.97 Å². The first-order valence-corrected chi connectivity index (χ1v) is 7.49. The van der Waals surface area contributed by atoms with Crippen molar-refractivity contribution < 1.29 is 9.53 Å². The van der Waals surface area contributed by atoms with Gasteiger partial charge in [-0.2, -0.15) is 0 Å². The molecule has 0 saturated heterocycles. The van der Waals surface area contributed by atoms with Crippen LogP contribution >= 0.6 is 11.3 Å². The predicted octanol–water partition coefficient (Wildman–Crippen LogP) is 3.24. The Labute approximate surface area is 123 Å².